The van der Waals surface area contributed by atoms with Gasteiger partial charge in [-0.05, 0) is 68.2 Å². The lowest BCUT2D eigenvalue weighted by Gasteiger charge is -2.27. The number of hydrogen-bond donors (Lipinski definition) is 3. The maximum absolute atomic E-state index is 14.0. The number of carbonyl (C=O) groups is 2. The zero-order valence-corrected chi connectivity index (χ0v) is 25.3. The van der Waals surface area contributed by atoms with Crippen molar-refractivity contribution < 1.29 is 49.4 Å². The van der Waals surface area contributed by atoms with Crippen LogP contribution in [-0.4, -0.2) is 51.6 Å². The fraction of sp³-hybridized carbons (Fsp3) is 0.533. The van der Waals surface area contributed by atoms with Gasteiger partial charge in [-0.3, -0.25) is 14.2 Å². The Morgan fingerprint density at radius 1 is 1.04 bits per heavy atom. The second-order valence-electron chi connectivity index (χ2n) is 12.1. The number of amides is 2. The van der Waals surface area contributed by atoms with Crippen molar-refractivity contribution in [1.29, 1.82) is 0 Å². The highest BCUT2D eigenvalue weighted by Gasteiger charge is 2.68. The summed E-state index contributed by atoms with van der Waals surface area (Å²) in [4.78, 5) is 34.0. The Bertz CT molecular complexity index is 1640. The highest BCUT2D eigenvalue weighted by molar-refractivity contribution is 5.99. The molecule has 1 aromatic carbocycles. The van der Waals surface area contributed by atoms with Crippen LogP contribution in [0.25, 0.3) is 11.2 Å². The van der Waals surface area contributed by atoms with Crippen LogP contribution >= 0.6 is 0 Å². The number of imidazole rings is 1. The van der Waals surface area contributed by atoms with Crippen molar-refractivity contribution in [3.05, 3.63) is 41.0 Å². The van der Waals surface area contributed by atoms with E-state index < -0.39 is 66.3 Å². The quantitative estimate of drug-likeness (QED) is 0.208. The van der Waals surface area contributed by atoms with Crippen LogP contribution < -0.4 is 20.7 Å². The molecular weight excluding hydrogens is 644 g/mol. The summed E-state index contributed by atoms with van der Waals surface area (Å²) in [6.07, 6.45) is -10.0. The summed E-state index contributed by atoms with van der Waals surface area (Å²) >= 11 is 0. The van der Waals surface area contributed by atoms with Gasteiger partial charge in [0.25, 0.3) is 12.3 Å². The van der Waals surface area contributed by atoms with E-state index in [9.17, 15) is 44.7 Å². The first-order valence-corrected chi connectivity index (χ1v) is 14.9. The van der Waals surface area contributed by atoms with Crippen LogP contribution in [-0.2, 0) is 24.6 Å². The summed E-state index contributed by atoms with van der Waals surface area (Å²) in [7, 11) is 1.38. The molecule has 256 valence electrons. The number of carbonyl (C=O) groups excluding carboxylic acids is 2. The van der Waals surface area contributed by atoms with Gasteiger partial charge >= 0.3 is 12.4 Å². The average Bonchev–Trinajstić information content (AvgIpc) is 3.76. The average molecular weight is 677 g/mol. The van der Waals surface area contributed by atoms with E-state index in [1.165, 1.54) is 17.7 Å². The third-order valence-corrected chi connectivity index (χ3v) is 8.57. The predicted molar refractivity (Wildman–Crippen MR) is 153 cm³/mol. The van der Waals surface area contributed by atoms with Crippen LogP contribution in [0.15, 0.2) is 24.3 Å². The summed E-state index contributed by atoms with van der Waals surface area (Å²) in [5, 5.41) is 7.59. The topological polar surface area (TPSA) is 110 Å². The molecule has 9 nitrogen and oxygen atoms in total. The molecule has 3 aromatic rings. The summed E-state index contributed by atoms with van der Waals surface area (Å²) in [5.74, 6) is -1.98. The van der Waals surface area contributed by atoms with E-state index in [4.69, 9.17) is 4.74 Å². The van der Waals surface area contributed by atoms with Crippen molar-refractivity contribution in [2.24, 2.45) is 18.4 Å². The lowest BCUT2D eigenvalue weighted by atomic mass is 9.87. The van der Waals surface area contributed by atoms with Gasteiger partial charge in [-0.2, -0.15) is 31.3 Å². The SMILES string of the molecule is CC1CCC(NC(=O)c2cc3nc(Nc4cc(CNC(=O)C5(C(F)(F)F)CC5)ccc4C(F)(F)F)n(C)c3nc2OCC(F)F)CC1. The zero-order valence-electron chi connectivity index (χ0n) is 25.3. The third-order valence-electron chi connectivity index (χ3n) is 8.57. The van der Waals surface area contributed by atoms with E-state index in [0.717, 1.165) is 37.8 Å². The van der Waals surface area contributed by atoms with Crippen LogP contribution in [0.4, 0.5) is 46.8 Å². The summed E-state index contributed by atoms with van der Waals surface area (Å²) in [5.41, 5.74) is -4.23. The normalized spacial score (nSPS) is 19.5. The van der Waals surface area contributed by atoms with Gasteiger partial charge in [0.15, 0.2) is 12.3 Å². The Labute approximate surface area is 263 Å². The first-order valence-electron chi connectivity index (χ1n) is 14.9. The maximum Gasteiger partial charge on any atom is 0.418 e. The van der Waals surface area contributed by atoms with E-state index in [-0.39, 0.29) is 47.1 Å². The van der Waals surface area contributed by atoms with Gasteiger partial charge in [-0.25, -0.2) is 13.8 Å². The number of halogens is 8. The number of pyridine rings is 1. The van der Waals surface area contributed by atoms with Crippen LogP contribution in [0.5, 0.6) is 5.88 Å². The molecule has 0 spiro atoms. The van der Waals surface area contributed by atoms with E-state index in [0.29, 0.717) is 12.0 Å². The molecule has 5 rings (SSSR count). The fourth-order valence-electron chi connectivity index (χ4n) is 5.58. The van der Waals surface area contributed by atoms with Crippen LogP contribution in [0.1, 0.15) is 66.9 Å². The number of fused-ring (bicyclic) bond motifs is 1. The third kappa shape index (κ3) is 7.38. The van der Waals surface area contributed by atoms with E-state index >= 15 is 0 Å². The molecule has 0 unspecified atom stereocenters. The van der Waals surface area contributed by atoms with Crippen molar-refractivity contribution >= 4 is 34.6 Å². The van der Waals surface area contributed by atoms with Crippen molar-refractivity contribution in [1.82, 2.24) is 25.2 Å². The van der Waals surface area contributed by atoms with E-state index in [1.807, 2.05) is 0 Å². The van der Waals surface area contributed by atoms with Crippen molar-refractivity contribution in [2.45, 2.75) is 76.8 Å². The lowest BCUT2D eigenvalue weighted by molar-refractivity contribution is -0.192. The summed E-state index contributed by atoms with van der Waals surface area (Å²) < 4.78 is 114. The smallest absolute Gasteiger partial charge is 0.418 e. The molecule has 0 atom stereocenters. The van der Waals surface area contributed by atoms with E-state index in [1.54, 1.807) is 0 Å². The molecule has 2 heterocycles. The van der Waals surface area contributed by atoms with Crippen LogP contribution in [0.2, 0.25) is 0 Å². The summed E-state index contributed by atoms with van der Waals surface area (Å²) in [6.45, 7) is 0.564. The number of benzene rings is 1. The van der Waals surface area contributed by atoms with Gasteiger partial charge in [0.1, 0.15) is 16.5 Å². The molecule has 47 heavy (non-hydrogen) atoms. The number of rotatable bonds is 10. The molecule has 3 N–H and O–H groups in total. The molecular formula is C30H32F8N6O3. The van der Waals surface area contributed by atoms with Crippen molar-refractivity contribution in [2.75, 3.05) is 11.9 Å². The highest BCUT2D eigenvalue weighted by atomic mass is 19.4. The molecule has 2 aliphatic carbocycles. The molecule has 0 radical (unpaired) electrons. The molecule has 2 fully saturated rings. The number of aromatic nitrogens is 3. The molecule has 2 saturated carbocycles. The standard InChI is InChI=1S/C30H32F8N6O3/c1-15-3-6-17(7-4-15)40-24(45)18-12-21-23(43-25(18)47-14-22(31)32)44(2)27(42-21)41-20-11-16(5-8-19(20)29(33,34)35)13-39-26(46)28(9-10-28)30(36,37)38/h5,8,11-12,15,17,22H,3-4,6-7,9-10,13-14H2,1-2H3,(H,39,46)(H,40,45)(H,41,42). The number of ether oxygens (including phenoxy) is 1. The molecule has 2 amide bonds. The molecule has 0 aliphatic heterocycles. The zero-order chi connectivity index (χ0) is 34.3. The van der Waals surface area contributed by atoms with Gasteiger partial charge < -0.3 is 20.7 Å². The minimum atomic E-state index is -4.86. The van der Waals surface area contributed by atoms with Crippen LogP contribution in [0, 0.1) is 11.3 Å². The van der Waals surface area contributed by atoms with E-state index in [2.05, 4.69) is 32.8 Å². The molecule has 0 bridgehead atoms. The molecule has 17 heteroatoms. The van der Waals surface area contributed by atoms with Crippen molar-refractivity contribution in [3.63, 3.8) is 0 Å². The van der Waals surface area contributed by atoms with Gasteiger partial charge in [0, 0.05) is 19.6 Å². The maximum atomic E-state index is 14.0. The largest absolute Gasteiger partial charge is 0.471 e. The van der Waals surface area contributed by atoms with Gasteiger partial charge in [0.05, 0.1) is 11.3 Å². The molecule has 2 aromatic heterocycles. The highest BCUT2D eigenvalue weighted by Crippen LogP contribution is 2.57. The first kappa shape index (κ1) is 34.2. The second-order valence-corrected chi connectivity index (χ2v) is 12.1. The first-order chi connectivity index (χ1) is 22.0. The number of nitrogens with zero attached hydrogens (tertiary/aromatic N) is 3. The number of hydrogen-bond acceptors (Lipinski definition) is 6. The number of aryl methyl sites for hydroxylation is 1. The summed E-state index contributed by atoms with van der Waals surface area (Å²) in [6, 6.07) is 3.86. The van der Waals surface area contributed by atoms with Crippen LogP contribution in [0.3, 0.4) is 0 Å². The van der Waals surface area contributed by atoms with Crippen molar-refractivity contribution in [3.8, 4) is 5.88 Å². The van der Waals surface area contributed by atoms with Gasteiger partial charge in [-0.1, -0.05) is 13.0 Å². The number of anilines is 2. The second kappa shape index (κ2) is 12.8. The minimum absolute atomic E-state index is 0.00123. The Hall–Kier alpha value is -4.18. The molecule has 2 aliphatic rings. The monoisotopic (exact) mass is 676 g/mol. The lowest BCUT2D eigenvalue weighted by Crippen LogP contribution is -2.40. The van der Waals surface area contributed by atoms with Gasteiger partial charge in [-0.15, -0.1) is 0 Å². The Morgan fingerprint density at radius 2 is 1.72 bits per heavy atom. The fourth-order valence-corrected chi connectivity index (χ4v) is 5.58. The number of nitrogens with one attached hydrogen (secondary N) is 3. The Morgan fingerprint density at radius 3 is 2.32 bits per heavy atom. The Balaban J connectivity index is 1.43. The van der Waals surface area contributed by atoms with Gasteiger partial charge in [0.2, 0.25) is 17.7 Å². The predicted octanol–water partition coefficient (Wildman–Crippen LogP) is 6.64. The number of alkyl halides is 8. The molecule has 0 saturated heterocycles. The minimum Gasteiger partial charge on any atom is -0.471 e. The Kier molecular flexibility index (Phi) is 9.29.